The summed E-state index contributed by atoms with van der Waals surface area (Å²) in [6.07, 6.45) is 5.10. The summed E-state index contributed by atoms with van der Waals surface area (Å²) in [5.41, 5.74) is 0. The molecule has 0 unspecified atom stereocenters. The van der Waals surface area contributed by atoms with Crippen molar-refractivity contribution in [1.29, 1.82) is 0 Å². The number of likely N-dealkylation sites (N-methyl/N-ethyl adjacent to an activating group) is 2. The number of hydrogen-bond acceptors (Lipinski definition) is 3. The van der Waals surface area contributed by atoms with Crippen molar-refractivity contribution in [2.24, 2.45) is 0 Å². The molecule has 0 bridgehead atoms. The number of carbonyl (C=O) groups excluding carboxylic acids is 1. The Balaban J connectivity index is 4.39. The minimum atomic E-state index is -1.07. The summed E-state index contributed by atoms with van der Waals surface area (Å²) in [5, 5.41) is 8.67. The molecule has 0 atom stereocenters. The number of rotatable bonds is 6. The number of amides is 2. The maximum Gasteiger partial charge on any atom is 0.323 e. The van der Waals surface area contributed by atoms with Gasteiger partial charge in [-0.2, -0.15) is 0 Å². The van der Waals surface area contributed by atoms with E-state index in [1.807, 2.05) is 19.0 Å². The Hall–Kier alpha value is -1.74. The van der Waals surface area contributed by atoms with Gasteiger partial charge in [-0.25, -0.2) is 4.79 Å². The molecule has 0 aromatic heterocycles. The van der Waals surface area contributed by atoms with E-state index in [1.165, 1.54) is 4.90 Å². The zero-order valence-electron chi connectivity index (χ0n) is 10.5. The maximum absolute atomic E-state index is 11.9. The molecule has 0 saturated heterocycles. The van der Waals surface area contributed by atoms with Crippen LogP contribution in [0.3, 0.4) is 0 Å². The van der Waals surface area contributed by atoms with Gasteiger partial charge in [0.2, 0.25) is 0 Å². The van der Waals surface area contributed by atoms with Crippen LogP contribution in [0.25, 0.3) is 0 Å². The van der Waals surface area contributed by atoms with E-state index in [1.54, 1.807) is 7.05 Å². The van der Waals surface area contributed by atoms with Crippen molar-refractivity contribution < 1.29 is 14.7 Å². The lowest BCUT2D eigenvalue weighted by Gasteiger charge is -2.26. The van der Waals surface area contributed by atoms with E-state index in [0.717, 1.165) is 4.90 Å². The van der Waals surface area contributed by atoms with Gasteiger partial charge in [0.1, 0.15) is 6.54 Å². The predicted molar refractivity (Wildman–Crippen MR) is 64.6 cm³/mol. The highest BCUT2D eigenvalue weighted by molar-refractivity contribution is 5.80. The van der Waals surface area contributed by atoms with Crippen LogP contribution in [0.4, 0.5) is 4.79 Å². The van der Waals surface area contributed by atoms with Gasteiger partial charge in [-0.05, 0) is 14.1 Å². The molecule has 0 aliphatic rings. The first-order valence-electron chi connectivity index (χ1n) is 5.18. The average molecular weight is 241 g/mol. The van der Waals surface area contributed by atoms with E-state index in [9.17, 15) is 9.59 Å². The molecule has 0 saturated carbocycles. The summed E-state index contributed by atoms with van der Waals surface area (Å²) < 4.78 is 0. The van der Waals surface area contributed by atoms with E-state index >= 15 is 0 Å². The van der Waals surface area contributed by atoms with Crippen molar-refractivity contribution in [2.75, 3.05) is 47.3 Å². The third-order valence-electron chi connectivity index (χ3n) is 2.09. The Morgan fingerprint density at radius 2 is 1.82 bits per heavy atom. The largest absolute Gasteiger partial charge is 0.480 e. The highest BCUT2D eigenvalue weighted by Gasteiger charge is 2.19. The van der Waals surface area contributed by atoms with Crippen LogP contribution in [-0.2, 0) is 4.79 Å². The fourth-order valence-corrected chi connectivity index (χ4v) is 1.15. The molecule has 0 spiro atoms. The molecule has 0 aromatic carbocycles. The van der Waals surface area contributed by atoms with Gasteiger partial charge < -0.3 is 19.8 Å². The number of aliphatic carboxylic acids is 1. The Labute approximate surface area is 102 Å². The standard InChI is InChI=1S/C11H19N3O3/c1-5-6-14(9-10(15)16)11(17)13(4)8-7-12(2)3/h1H,6-9H2,2-4H3,(H,15,16). The molecule has 0 aliphatic carbocycles. The fourth-order valence-electron chi connectivity index (χ4n) is 1.15. The van der Waals surface area contributed by atoms with Gasteiger partial charge in [-0.15, -0.1) is 6.42 Å². The number of nitrogens with zero attached hydrogens (tertiary/aromatic N) is 3. The highest BCUT2D eigenvalue weighted by atomic mass is 16.4. The maximum atomic E-state index is 11.9. The molecule has 1 N–H and O–H groups in total. The Bertz CT molecular complexity index is 310. The van der Waals surface area contributed by atoms with Gasteiger partial charge in [0.15, 0.2) is 0 Å². The van der Waals surface area contributed by atoms with E-state index in [4.69, 9.17) is 11.5 Å². The molecule has 0 radical (unpaired) electrons. The van der Waals surface area contributed by atoms with Crippen LogP contribution in [0.15, 0.2) is 0 Å². The number of hydrogen-bond donors (Lipinski definition) is 1. The van der Waals surface area contributed by atoms with Gasteiger partial charge >= 0.3 is 12.0 Å². The normalized spacial score (nSPS) is 9.82. The summed E-state index contributed by atoms with van der Waals surface area (Å²) in [4.78, 5) is 27.0. The first-order chi connectivity index (χ1) is 7.88. The molecule has 2 amide bonds. The SMILES string of the molecule is C#CCN(CC(=O)O)C(=O)N(C)CCN(C)C. The predicted octanol–water partition coefficient (Wildman–Crippen LogP) is -0.380. The molecule has 0 aromatic rings. The van der Waals surface area contributed by atoms with Crippen LogP contribution in [0.1, 0.15) is 0 Å². The fraction of sp³-hybridized carbons (Fsp3) is 0.636. The van der Waals surface area contributed by atoms with Crippen LogP contribution >= 0.6 is 0 Å². The van der Waals surface area contributed by atoms with Crippen molar-refractivity contribution in [3.63, 3.8) is 0 Å². The van der Waals surface area contributed by atoms with Crippen LogP contribution < -0.4 is 0 Å². The average Bonchev–Trinajstić information content (AvgIpc) is 2.23. The lowest BCUT2D eigenvalue weighted by molar-refractivity contribution is -0.137. The minimum absolute atomic E-state index is 0.00254. The van der Waals surface area contributed by atoms with E-state index in [2.05, 4.69) is 5.92 Å². The summed E-state index contributed by atoms with van der Waals surface area (Å²) >= 11 is 0. The van der Waals surface area contributed by atoms with E-state index in [0.29, 0.717) is 13.1 Å². The quantitative estimate of drug-likeness (QED) is 0.644. The van der Waals surface area contributed by atoms with Crippen LogP contribution in [0.5, 0.6) is 0 Å². The second-order valence-corrected chi connectivity index (χ2v) is 3.96. The summed E-state index contributed by atoms with van der Waals surface area (Å²) in [7, 11) is 5.42. The molecule has 6 nitrogen and oxygen atoms in total. The molecule has 0 rings (SSSR count). The van der Waals surface area contributed by atoms with Crippen molar-refractivity contribution in [1.82, 2.24) is 14.7 Å². The lowest BCUT2D eigenvalue weighted by atomic mass is 10.4. The van der Waals surface area contributed by atoms with Crippen LogP contribution in [0.2, 0.25) is 0 Å². The number of urea groups is 1. The first kappa shape index (κ1) is 15.3. The zero-order valence-corrected chi connectivity index (χ0v) is 10.5. The second-order valence-electron chi connectivity index (χ2n) is 3.96. The number of terminal acetylenes is 1. The third-order valence-corrected chi connectivity index (χ3v) is 2.09. The molecular weight excluding hydrogens is 222 g/mol. The van der Waals surface area contributed by atoms with Crippen LogP contribution in [-0.4, -0.2) is 79.1 Å². The molecule has 96 valence electrons. The van der Waals surface area contributed by atoms with Crippen molar-refractivity contribution in [3.8, 4) is 12.3 Å². The summed E-state index contributed by atoms with van der Waals surface area (Å²) in [6.45, 7) is 0.846. The number of carboxylic acid groups (broad SMARTS) is 1. The highest BCUT2D eigenvalue weighted by Crippen LogP contribution is 1.97. The van der Waals surface area contributed by atoms with E-state index < -0.39 is 5.97 Å². The first-order valence-corrected chi connectivity index (χ1v) is 5.18. The van der Waals surface area contributed by atoms with Gasteiger partial charge in [-0.3, -0.25) is 4.79 Å². The molecule has 0 aliphatic heterocycles. The van der Waals surface area contributed by atoms with Gasteiger partial charge in [-0.1, -0.05) is 5.92 Å². The number of carbonyl (C=O) groups is 2. The summed E-state index contributed by atoms with van der Waals surface area (Å²) in [6, 6.07) is -0.368. The Morgan fingerprint density at radius 1 is 1.24 bits per heavy atom. The topological polar surface area (TPSA) is 64.1 Å². The summed E-state index contributed by atoms with van der Waals surface area (Å²) in [5.74, 6) is 1.20. The molecule has 0 heterocycles. The third kappa shape index (κ3) is 6.43. The van der Waals surface area contributed by atoms with Crippen molar-refractivity contribution in [3.05, 3.63) is 0 Å². The minimum Gasteiger partial charge on any atom is -0.480 e. The Kier molecular flexibility index (Phi) is 6.75. The molecule has 17 heavy (non-hydrogen) atoms. The van der Waals surface area contributed by atoms with Gasteiger partial charge in [0.25, 0.3) is 0 Å². The van der Waals surface area contributed by atoms with Gasteiger partial charge in [0.05, 0.1) is 6.54 Å². The zero-order chi connectivity index (χ0) is 13.4. The number of carboxylic acids is 1. The van der Waals surface area contributed by atoms with Crippen LogP contribution in [0, 0.1) is 12.3 Å². The Morgan fingerprint density at radius 3 is 2.24 bits per heavy atom. The molecule has 0 fully saturated rings. The van der Waals surface area contributed by atoms with Gasteiger partial charge in [0, 0.05) is 20.1 Å². The monoisotopic (exact) mass is 241 g/mol. The molecular formula is C11H19N3O3. The smallest absolute Gasteiger partial charge is 0.323 e. The van der Waals surface area contributed by atoms with Crippen molar-refractivity contribution in [2.45, 2.75) is 0 Å². The van der Waals surface area contributed by atoms with Crippen molar-refractivity contribution >= 4 is 12.0 Å². The van der Waals surface area contributed by atoms with E-state index in [-0.39, 0.29) is 19.1 Å². The lowest BCUT2D eigenvalue weighted by Crippen LogP contribution is -2.45. The molecule has 6 heteroatoms. The second kappa shape index (κ2) is 7.52.